The van der Waals surface area contributed by atoms with E-state index in [1.807, 2.05) is 0 Å². The van der Waals surface area contributed by atoms with Crippen LogP contribution in [0.3, 0.4) is 0 Å². The highest BCUT2D eigenvalue weighted by atomic mass is 16.3. The van der Waals surface area contributed by atoms with Crippen LogP contribution in [0.2, 0.25) is 0 Å². The van der Waals surface area contributed by atoms with Crippen LogP contribution in [-0.4, -0.2) is 21.9 Å². The fourth-order valence-electron chi connectivity index (χ4n) is 7.92. The van der Waals surface area contributed by atoms with Crippen molar-refractivity contribution in [2.24, 2.45) is 34.5 Å². The molecule has 8 atom stereocenters. The Morgan fingerprint density at radius 1 is 0.913 bits per heavy atom. The predicted octanol–water partition coefficient (Wildman–Crippen LogP) is 4.53. The standard InChI is InChI=1S/C21H36O2/c1-4-21-12-11-19(2,23)13-14(21)5-6-15-16-7-8-18(22)20(16,3)10-9-17(15)21/h14-18,22-23H,4-13H2,1-3H3/t14-,15+,16+,17+,18+,19-,20+,21+/m1/s1. The number of aliphatic hydroxyl groups excluding tert-OH is 1. The third-order valence-electron chi connectivity index (χ3n) is 9.26. The van der Waals surface area contributed by atoms with Crippen LogP contribution < -0.4 is 0 Å². The van der Waals surface area contributed by atoms with Gasteiger partial charge in [0.2, 0.25) is 0 Å². The minimum absolute atomic E-state index is 0.0594. The van der Waals surface area contributed by atoms with Gasteiger partial charge in [-0.25, -0.2) is 0 Å². The largest absolute Gasteiger partial charge is 0.393 e. The van der Waals surface area contributed by atoms with Crippen LogP contribution in [0.25, 0.3) is 0 Å². The molecule has 0 aromatic rings. The van der Waals surface area contributed by atoms with E-state index in [0.29, 0.717) is 5.41 Å². The molecule has 4 saturated carbocycles. The van der Waals surface area contributed by atoms with Crippen molar-refractivity contribution in [3.63, 3.8) is 0 Å². The van der Waals surface area contributed by atoms with E-state index in [2.05, 4.69) is 20.8 Å². The summed E-state index contributed by atoms with van der Waals surface area (Å²) >= 11 is 0. The van der Waals surface area contributed by atoms with E-state index in [0.717, 1.165) is 42.9 Å². The Morgan fingerprint density at radius 2 is 1.70 bits per heavy atom. The van der Waals surface area contributed by atoms with Crippen molar-refractivity contribution in [2.45, 2.75) is 96.7 Å². The summed E-state index contributed by atoms with van der Waals surface area (Å²) < 4.78 is 0. The van der Waals surface area contributed by atoms with E-state index < -0.39 is 5.60 Å². The summed E-state index contributed by atoms with van der Waals surface area (Å²) in [5.74, 6) is 3.17. The van der Waals surface area contributed by atoms with Crippen LogP contribution in [0, 0.1) is 34.5 Å². The summed E-state index contributed by atoms with van der Waals surface area (Å²) in [6.45, 7) is 6.85. The van der Waals surface area contributed by atoms with Crippen LogP contribution in [0.15, 0.2) is 0 Å². The number of hydrogen-bond acceptors (Lipinski definition) is 2. The van der Waals surface area contributed by atoms with E-state index in [1.165, 1.54) is 44.9 Å². The van der Waals surface area contributed by atoms with Gasteiger partial charge in [-0.1, -0.05) is 13.8 Å². The Morgan fingerprint density at radius 3 is 2.43 bits per heavy atom. The Labute approximate surface area is 142 Å². The first-order valence-electron chi connectivity index (χ1n) is 10.2. The molecular formula is C21H36O2. The van der Waals surface area contributed by atoms with Gasteiger partial charge in [-0.05, 0) is 106 Å². The van der Waals surface area contributed by atoms with Gasteiger partial charge >= 0.3 is 0 Å². The highest BCUT2D eigenvalue weighted by molar-refractivity contribution is 5.11. The molecule has 4 fully saturated rings. The molecule has 0 saturated heterocycles. The highest BCUT2D eigenvalue weighted by Crippen LogP contribution is 2.67. The maximum absolute atomic E-state index is 10.6. The summed E-state index contributed by atoms with van der Waals surface area (Å²) in [6.07, 6.45) is 12.0. The molecule has 0 aromatic heterocycles. The zero-order valence-electron chi connectivity index (χ0n) is 15.4. The molecule has 0 aromatic carbocycles. The lowest BCUT2D eigenvalue weighted by atomic mass is 9.43. The average Bonchev–Trinajstić information content (AvgIpc) is 2.82. The fraction of sp³-hybridized carbons (Fsp3) is 1.00. The van der Waals surface area contributed by atoms with Crippen molar-refractivity contribution in [3.05, 3.63) is 0 Å². The van der Waals surface area contributed by atoms with Gasteiger partial charge in [-0.2, -0.15) is 0 Å². The Balaban J connectivity index is 1.65. The molecule has 4 aliphatic carbocycles. The van der Waals surface area contributed by atoms with E-state index in [4.69, 9.17) is 0 Å². The zero-order chi connectivity index (χ0) is 16.5. The highest BCUT2D eigenvalue weighted by Gasteiger charge is 2.61. The van der Waals surface area contributed by atoms with Crippen molar-refractivity contribution in [3.8, 4) is 0 Å². The second-order valence-corrected chi connectivity index (χ2v) is 10.1. The van der Waals surface area contributed by atoms with Gasteiger partial charge < -0.3 is 10.2 Å². The topological polar surface area (TPSA) is 40.5 Å². The van der Waals surface area contributed by atoms with E-state index in [1.54, 1.807) is 0 Å². The third kappa shape index (κ3) is 2.20. The lowest BCUT2D eigenvalue weighted by Gasteiger charge is -2.62. The molecule has 2 nitrogen and oxygen atoms in total. The molecule has 4 aliphatic rings. The van der Waals surface area contributed by atoms with E-state index >= 15 is 0 Å². The molecule has 2 N–H and O–H groups in total. The molecule has 0 radical (unpaired) electrons. The second-order valence-electron chi connectivity index (χ2n) is 10.1. The maximum atomic E-state index is 10.6. The van der Waals surface area contributed by atoms with E-state index in [-0.39, 0.29) is 11.5 Å². The summed E-state index contributed by atoms with van der Waals surface area (Å²) in [7, 11) is 0. The summed E-state index contributed by atoms with van der Waals surface area (Å²) in [5.41, 5.74) is 0.256. The van der Waals surface area contributed by atoms with Gasteiger partial charge in [0, 0.05) is 0 Å². The van der Waals surface area contributed by atoms with Crippen LogP contribution >= 0.6 is 0 Å². The maximum Gasteiger partial charge on any atom is 0.0622 e. The van der Waals surface area contributed by atoms with Crippen molar-refractivity contribution in [1.82, 2.24) is 0 Å². The smallest absolute Gasteiger partial charge is 0.0622 e. The molecule has 132 valence electrons. The minimum atomic E-state index is -0.428. The first kappa shape index (κ1) is 16.4. The molecule has 0 amide bonds. The van der Waals surface area contributed by atoms with Crippen LogP contribution in [0.5, 0.6) is 0 Å². The lowest BCUT2D eigenvalue weighted by Crippen LogP contribution is -2.56. The van der Waals surface area contributed by atoms with Gasteiger partial charge in [-0.3, -0.25) is 0 Å². The van der Waals surface area contributed by atoms with Gasteiger partial charge in [0.25, 0.3) is 0 Å². The number of fused-ring (bicyclic) bond motifs is 5. The Kier molecular flexibility index (Phi) is 3.71. The lowest BCUT2D eigenvalue weighted by molar-refractivity contribution is -0.159. The van der Waals surface area contributed by atoms with Gasteiger partial charge in [-0.15, -0.1) is 0 Å². The van der Waals surface area contributed by atoms with Crippen molar-refractivity contribution >= 4 is 0 Å². The third-order valence-corrected chi connectivity index (χ3v) is 9.26. The van der Waals surface area contributed by atoms with Gasteiger partial charge in [0.1, 0.15) is 0 Å². The quantitative estimate of drug-likeness (QED) is 0.745. The normalized spacial score (nSPS) is 59.1. The van der Waals surface area contributed by atoms with E-state index in [9.17, 15) is 10.2 Å². The molecule has 0 heterocycles. The molecule has 23 heavy (non-hydrogen) atoms. The monoisotopic (exact) mass is 320 g/mol. The second kappa shape index (κ2) is 5.21. The summed E-state index contributed by atoms with van der Waals surface area (Å²) in [6, 6.07) is 0. The Hall–Kier alpha value is -0.0800. The molecule has 0 unspecified atom stereocenters. The van der Waals surface area contributed by atoms with Gasteiger partial charge in [0.05, 0.1) is 11.7 Å². The SMILES string of the molecule is CC[C@]12CC[C@@](C)(O)C[C@H]1CC[C@H]1[C@@H]3CC[C@H](O)[C@@]3(C)CC[C@@H]12. The molecule has 0 aliphatic heterocycles. The molecular weight excluding hydrogens is 284 g/mol. The molecule has 0 spiro atoms. The van der Waals surface area contributed by atoms with Crippen molar-refractivity contribution < 1.29 is 10.2 Å². The summed E-state index contributed by atoms with van der Waals surface area (Å²) in [4.78, 5) is 0. The van der Waals surface area contributed by atoms with Crippen LogP contribution in [-0.2, 0) is 0 Å². The molecule has 2 heteroatoms. The average molecular weight is 321 g/mol. The summed E-state index contributed by atoms with van der Waals surface area (Å²) in [5, 5.41) is 21.2. The zero-order valence-corrected chi connectivity index (χ0v) is 15.4. The fourth-order valence-corrected chi connectivity index (χ4v) is 7.92. The first-order valence-corrected chi connectivity index (χ1v) is 10.2. The number of aliphatic hydroxyl groups is 2. The van der Waals surface area contributed by atoms with Crippen molar-refractivity contribution in [2.75, 3.05) is 0 Å². The first-order chi connectivity index (χ1) is 10.8. The van der Waals surface area contributed by atoms with Crippen LogP contribution in [0.4, 0.5) is 0 Å². The van der Waals surface area contributed by atoms with Crippen molar-refractivity contribution in [1.29, 1.82) is 0 Å². The predicted molar refractivity (Wildman–Crippen MR) is 93.0 cm³/mol. The molecule has 4 rings (SSSR count). The van der Waals surface area contributed by atoms with Crippen LogP contribution in [0.1, 0.15) is 85.0 Å². The van der Waals surface area contributed by atoms with Gasteiger partial charge in [0.15, 0.2) is 0 Å². The Bertz CT molecular complexity index is 472. The minimum Gasteiger partial charge on any atom is -0.393 e. The molecule has 0 bridgehead atoms. The number of hydrogen-bond donors (Lipinski definition) is 2. The number of rotatable bonds is 1.